The highest BCUT2D eigenvalue weighted by Crippen LogP contribution is 2.27. The molecule has 1 unspecified atom stereocenters. The molecular formula is C43H49N5O4S. The van der Waals surface area contributed by atoms with Crippen molar-refractivity contribution in [2.45, 2.75) is 52.1 Å². The molecule has 1 aliphatic heterocycles. The number of carbonyl (C=O) groups excluding carboxylic acids is 2. The number of thioether (sulfide) groups is 1. The lowest BCUT2D eigenvalue weighted by atomic mass is 9.98. The Kier molecular flexibility index (Phi) is 12.8. The van der Waals surface area contributed by atoms with E-state index in [2.05, 4.69) is 45.8 Å². The number of aryl methyl sites for hydroxylation is 2. The predicted molar refractivity (Wildman–Crippen MR) is 214 cm³/mol. The van der Waals surface area contributed by atoms with Gasteiger partial charge in [0.2, 0.25) is 0 Å². The van der Waals surface area contributed by atoms with Crippen molar-refractivity contribution in [2.75, 3.05) is 45.5 Å². The van der Waals surface area contributed by atoms with Gasteiger partial charge in [-0.05, 0) is 72.8 Å². The van der Waals surface area contributed by atoms with Gasteiger partial charge in [-0.1, -0.05) is 91.5 Å². The lowest BCUT2D eigenvalue weighted by molar-refractivity contribution is -0.111. The predicted octanol–water partition coefficient (Wildman–Crippen LogP) is 6.95. The molecule has 2 N–H and O–H groups in total. The van der Waals surface area contributed by atoms with Gasteiger partial charge in [-0.25, -0.2) is 9.78 Å². The molecular weight excluding hydrogens is 683 g/mol. The zero-order valence-corrected chi connectivity index (χ0v) is 31.7. The van der Waals surface area contributed by atoms with Gasteiger partial charge in [0.25, 0.3) is 5.91 Å². The molecule has 5 aromatic rings. The third kappa shape index (κ3) is 9.81. The first-order valence-electron chi connectivity index (χ1n) is 18.5. The van der Waals surface area contributed by atoms with E-state index in [9.17, 15) is 19.5 Å². The summed E-state index contributed by atoms with van der Waals surface area (Å²) in [5, 5.41) is 13.1. The quantitative estimate of drug-likeness (QED) is 0.119. The first-order valence-corrected chi connectivity index (χ1v) is 19.5. The van der Waals surface area contributed by atoms with Gasteiger partial charge in [0, 0.05) is 69.5 Å². The molecule has 1 saturated heterocycles. The minimum absolute atomic E-state index is 0.153. The van der Waals surface area contributed by atoms with E-state index in [0.29, 0.717) is 36.3 Å². The molecule has 1 amide bonds. The summed E-state index contributed by atoms with van der Waals surface area (Å²) in [6.07, 6.45) is 2.84. The number of imidazole rings is 1. The number of benzene rings is 4. The van der Waals surface area contributed by atoms with Gasteiger partial charge in [0.1, 0.15) is 5.82 Å². The van der Waals surface area contributed by atoms with Crippen LogP contribution in [-0.4, -0.2) is 93.0 Å². The average molecular weight is 732 g/mol. The Labute approximate surface area is 316 Å². The second-order valence-electron chi connectivity index (χ2n) is 14.0. The maximum atomic E-state index is 14.0. The van der Waals surface area contributed by atoms with Gasteiger partial charge in [-0.2, -0.15) is 0 Å². The van der Waals surface area contributed by atoms with E-state index in [0.717, 1.165) is 84.7 Å². The van der Waals surface area contributed by atoms with Crippen molar-refractivity contribution in [3.05, 3.63) is 125 Å². The van der Waals surface area contributed by atoms with Crippen molar-refractivity contribution in [2.24, 2.45) is 0 Å². The molecule has 0 aliphatic carbocycles. The van der Waals surface area contributed by atoms with Gasteiger partial charge in [0.05, 0.1) is 16.6 Å². The monoisotopic (exact) mass is 731 g/mol. The Morgan fingerprint density at radius 3 is 2.34 bits per heavy atom. The number of hydrogen-bond donors (Lipinski definition) is 2. The SMILES string of the molecule is CCCc1nc2c(C)cc(C(=O)NC(CSC(=O)CCN3CCN(C)CC3)Cc3ccccc3)cc2n1Cc1ccc(-c2ccccc2C(=O)O)cc1. The van der Waals surface area contributed by atoms with Gasteiger partial charge >= 0.3 is 5.97 Å². The summed E-state index contributed by atoms with van der Waals surface area (Å²) in [6, 6.07) is 28.7. The molecule has 1 aliphatic rings. The Morgan fingerprint density at radius 1 is 0.906 bits per heavy atom. The summed E-state index contributed by atoms with van der Waals surface area (Å²) >= 11 is 1.32. The molecule has 0 spiro atoms. The zero-order chi connectivity index (χ0) is 37.3. The minimum atomic E-state index is -0.954. The van der Waals surface area contributed by atoms with Crippen LogP contribution in [0.1, 0.15) is 63.0 Å². The van der Waals surface area contributed by atoms with Crippen molar-refractivity contribution in [3.8, 4) is 11.1 Å². The fraction of sp³-hybridized carbons (Fsp3) is 0.349. The number of aromatic nitrogens is 2. The van der Waals surface area contributed by atoms with Crippen molar-refractivity contribution in [1.82, 2.24) is 24.7 Å². The first-order chi connectivity index (χ1) is 25.7. The smallest absolute Gasteiger partial charge is 0.336 e. The number of piperazine rings is 1. The van der Waals surface area contributed by atoms with Crippen LogP contribution in [0.2, 0.25) is 0 Å². The zero-order valence-electron chi connectivity index (χ0n) is 30.9. The summed E-state index contributed by atoms with van der Waals surface area (Å²) in [6.45, 7) is 9.48. The van der Waals surface area contributed by atoms with Crippen LogP contribution in [0.3, 0.4) is 0 Å². The molecule has 2 heterocycles. The van der Waals surface area contributed by atoms with E-state index >= 15 is 0 Å². The molecule has 1 aromatic heterocycles. The standard InChI is InChI=1S/C43H49N5O4S/c1-4-10-39-45-41-30(2)25-34(27-38(41)48(39)28-32-15-17-33(18-16-32)36-13-8-9-14-37(36)43(51)52)42(50)44-35(26-31-11-6-5-7-12-31)29-53-40(49)19-20-47-23-21-46(3)22-24-47/h5-9,11-18,25,27,35H,4,10,19-24,26,28-29H2,1-3H3,(H,44,50)(H,51,52). The van der Waals surface area contributed by atoms with Crippen LogP contribution < -0.4 is 5.32 Å². The normalized spacial score (nSPS) is 14.3. The minimum Gasteiger partial charge on any atom is -0.478 e. The molecule has 0 bridgehead atoms. The number of carbonyl (C=O) groups is 3. The van der Waals surface area contributed by atoms with Crippen molar-refractivity contribution < 1.29 is 19.5 Å². The molecule has 6 rings (SSSR count). The number of hydrogen-bond acceptors (Lipinski definition) is 7. The van der Waals surface area contributed by atoms with Crippen LogP contribution in [0.25, 0.3) is 22.2 Å². The molecule has 10 heteroatoms. The van der Waals surface area contributed by atoms with Crippen molar-refractivity contribution in [1.29, 1.82) is 0 Å². The Bertz CT molecular complexity index is 2040. The summed E-state index contributed by atoms with van der Waals surface area (Å²) in [5.41, 5.74) is 7.19. The number of amides is 1. The summed E-state index contributed by atoms with van der Waals surface area (Å²) < 4.78 is 2.19. The highest BCUT2D eigenvalue weighted by molar-refractivity contribution is 8.13. The molecule has 1 atom stereocenters. The highest BCUT2D eigenvalue weighted by atomic mass is 32.2. The maximum Gasteiger partial charge on any atom is 0.336 e. The molecule has 0 radical (unpaired) electrons. The fourth-order valence-electron chi connectivity index (χ4n) is 6.96. The lowest BCUT2D eigenvalue weighted by Crippen LogP contribution is -2.45. The second-order valence-corrected chi connectivity index (χ2v) is 15.1. The third-order valence-corrected chi connectivity index (χ3v) is 11.1. The summed E-state index contributed by atoms with van der Waals surface area (Å²) in [7, 11) is 2.13. The average Bonchev–Trinajstić information content (AvgIpc) is 3.51. The number of fused-ring (bicyclic) bond motifs is 1. The molecule has 53 heavy (non-hydrogen) atoms. The highest BCUT2D eigenvalue weighted by Gasteiger charge is 2.21. The van der Waals surface area contributed by atoms with E-state index in [1.807, 2.05) is 73.7 Å². The lowest BCUT2D eigenvalue weighted by Gasteiger charge is -2.32. The van der Waals surface area contributed by atoms with E-state index < -0.39 is 5.97 Å². The molecule has 9 nitrogen and oxygen atoms in total. The van der Waals surface area contributed by atoms with Crippen molar-refractivity contribution >= 4 is 39.8 Å². The molecule has 0 saturated carbocycles. The number of likely N-dealkylation sites (N-methyl/N-ethyl adjacent to an activating group) is 1. The topological polar surface area (TPSA) is 108 Å². The largest absolute Gasteiger partial charge is 0.478 e. The third-order valence-electron chi connectivity index (χ3n) is 9.96. The van der Waals surface area contributed by atoms with Crippen LogP contribution >= 0.6 is 11.8 Å². The van der Waals surface area contributed by atoms with Crippen LogP contribution in [0.15, 0.2) is 91.0 Å². The fourth-order valence-corrected chi connectivity index (χ4v) is 7.79. The van der Waals surface area contributed by atoms with E-state index in [-0.39, 0.29) is 22.6 Å². The number of nitrogens with zero attached hydrogens (tertiary/aromatic N) is 4. The second kappa shape index (κ2) is 17.8. The van der Waals surface area contributed by atoms with E-state index in [1.54, 1.807) is 12.1 Å². The van der Waals surface area contributed by atoms with E-state index in [4.69, 9.17) is 4.98 Å². The Balaban J connectivity index is 1.20. The molecule has 276 valence electrons. The van der Waals surface area contributed by atoms with Gasteiger partial charge < -0.3 is 24.8 Å². The number of carboxylic acids is 1. The van der Waals surface area contributed by atoms with Crippen LogP contribution in [0.5, 0.6) is 0 Å². The van der Waals surface area contributed by atoms with E-state index in [1.165, 1.54) is 11.8 Å². The maximum absolute atomic E-state index is 14.0. The van der Waals surface area contributed by atoms with Gasteiger partial charge in [-0.15, -0.1) is 0 Å². The summed E-state index contributed by atoms with van der Waals surface area (Å²) in [4.78, 5) is 48.5. The Morgan fingerprint density at radius 2 is 1.62 bits per heavy atom. The summed E-state index contributed by atoms with van der Waals surface area (Å²) in [5.74, 6) is 0.323. The number of nitrogens with one attached hydrogen (secondary N) is 1. The number of carboxylic acid groups (broad SMARTS) is 1. The first kappa shape index (κ1) is 38.0. The van der Waals surface area contributed by atoms with Crippen LogP contribution in [0, 0.1) is 6.92 Å². The van der Waals surface area contributed by atoms with Gasteiger partial charge in [-0.3, -0.25) is 9.59 Å². The van der Waals surface area contributed by atoms with Gasteiger partial charge in [0.15, 0.2) is 5.12 Å². The molecule has 4 aromatic carbocycles. The van der Waals surface area contributed by atoms with Crippen LogP contribution in [-0.2, 0) is 24.2 Å². The number of rotatable bonds is 15. The van der Waals surface area contributed by atoms with Crippen LogP contribution in [0.4, 0.5) is 0 Å². The molecule has 1 fully saturated rings. The Hall–Kier alpha value is -4.77. The number of aromatic carboxylic acids is 1. The van der Waals surface area contributed by atoms with Crippen molar-refractivity contribution in [3.63, 3.8) is 0 Å².